The number of carbonyl (C=O) groups excluding carboxylic acids is 1. The summed E-state index contributed by atoms with van der Waals surface area (Å²) in [5, 5.41) is 6.71. The molecule has 1 N–H and O–H groups in total. The second-order valence-electron chi connectivity index (χ2n) is 5.89. The van der Waals surface area contributed by atoms with Crippen LogP contribution in [0.4, 0.5) is 14.5 Å². The lowest BCUT2D eigenvalue weighted by Crippen LogP contribution is -2.21. The molecule has 0 aliphatic carbocycles. The lowest BCUT2D eigenvalue weighted by Gasteiger charge is -2.11. The summed E-state index contributed by atoms with van der Waals surface area (Å²) >= 11 is 4.70. The number of alkyl halides is 3. The molecule has 0 spiro atoms. The Morgan fingerprint density at radius 2 is 1.89 bits per heavy atom. The number of aryl methyl sites for hydroxylation is 1. The van der Waals surface area contributed by atoms with E-state index in [0.717, 1.165) is 5.69 Å². The molecular weight excluding hydrogens is 394 g/mol. The Bertz CT molecular complexity index is 1070. The van der Waals surface area contributed by atoms with Gasteiger partial charge >= 0.3 is 5.57 Å². The normalized spacial score (nSPS) is 11.3. The van der Waals surface area contributed by atoms with Crippen LogP contribution in [0.5, 0.6) is 5.75 Å². The largest absolute Gasteiger partial charge is 0.487 e. The summed E-state index contributed by atoms with van der Waals surface area (Å²) in [6, 6.07) is 7.93. The molecule has 2 aromatic heterocycles. The van der Waals surface area contributed by atoms with E-state index in [0.29, 0.717) is 11.4 Å². The molecule has 0 radical (unpaired) electrons. The van der Waals surface area contributed by atoms with Crippen molar-refractivity contribution in [1.29, 1.82) is 0 Å². The molecule has 28 heavy (non-hydrogen) atoms. The standard InChI is InChI=1S/C18H15ClF2N4O3/c1-11-15(9-22-24(11)2)25-10-12(3-8-16(25)26)17(27)23-13-4-6-14(7-5-13)28-18(19,20)21/h3-10H,1-2H3,(H,23,27). The van der Waals surface area contributed by atoms with Gasteiger partial charge in [-0.1, -0.05) is 0 Å². The Balaban J connectivity index is 1.81. The van der Waals surface area contributed by atoms with Crippen molar-refractivity contribution in [3.05, 3.63) is 70.4 Å². The van der Waals surface area contributed by atoms with Crippen LogP contribution in [-0.2, 0) is 7.05 Å². The van der Waals surface area contributed by atoms with E-state index in [1.54, 1.807) is 18.7 Å². The second kappa shape index (κ2) is 7.43. The summed E-state index contributed by atoms with van der Waals surface area (Å²) in [6.45, 7) is 1.80. The van der Waals surface area contributed by atoms with E-state index in [1.807, 2.05) is 0 Å². The van der Waals surface area contributed by atoms with Crippen molar-refractivity contribution in [2.75, 3.05) is 5.32 Å². The Hall–Kier alpha value is -3.20. The number of hydrogen-bond acceptors (Lipinski definition) is 4. The predicted octanol–water partition coefficient (Wildman–Crippen LogP) is 3.30. The third kappa shape index (κ3) is 4.37. The predicted molar refractivity (Wildman–Crippen MR) is 99.4 cm³/mol. The fourth-order valence-corrected chi connectivity index (χ4v) is 2.57. The number of benzene rings is 1. The lowest BCUT2D eigenvalue weighted by atomic mass is 10.2. The van der Waals surface area contributed by atoms with E-state index < -0.39 is 11.5 Å². The number of nitrogens with zero attached hydrogens (tertiary/aromatic N) is 3. The molecule has 0 atom stereocenters. The molecule has 7 nitrogen and oxygen atoms in total. The Morgan fingerprint density at radius 1 is 1.21 bits per heavy atom. The Labute approximate surface area is 163 Å². The lowest BCUT2D eigenvalue weighted by molar-refractivity contribution is -0.0964. The van der Waals surface area contributed by atoms with Gasteiger partial charge in [-0.05, 0) is 37.3 Å². The van der Waals surface area contributed by atoms with Crippen LogP contribution in [0.2, 0.25) is 0 Å². The van der Waals surface area contributed by atoms with Crippen LogP contribution in [0.3, 0.4) is 0 Å². The minimum absolute atomic E-state index is 0.154. The van der Waals surface area contributed by atoms with E-state index in [1.165, 1.54) is 53.4 Å². The minimum Gasteiger partial charge on any atom is -0.420 e. The maximum absolute atomic E-state index is 12.6. The molecule has 0 aliphatic heterocycles. The Kier molecular flexibility index (Phi) is 5.19. The molecule has 0 bridgehead atoms. The number of anilines is 1. The van der Waals surface area contributed by atoms with Crippen LogP contribution in [-0.4, -0.2) is 25.8 Å². The van der Waals surface area contributed by atoms with E-state index in [-0.39, 0.29) is 16.9 Å². The highest BCUT2D eigenvalue weighted by Crippen LogP contribution is 2.26. The number of amides is 1. The van der Waals surface area contributed by atoms with E-state index in [4.69, 9.17) is 11.6 Å². The third-order valence-corrected chi connectivity index (χ3v) is 4.07. The van der Waals surface area contributed by atoms with Crippen molar-refractivity contribution >= 4 is 23.2 Å². The molecule has 0 aliphatic rings. The molecule has 3 aromatic rings. The number of rotatable bonds is 5. The minimum atomic E-state index is -3.82. The van der Waals surface area contributed by atoms with Crippen molar-refractivity contribution in [1.82, 2.24) is 14.3 Å². The zero-order valence-electron chi connectivity index (χ0n) is 14.8. The van der Waals surface area contributed by atoms with Crippen LogP contribution in [0.15, 0.2) is 53.6 Å². The number of pyridine rings is 1. The molecule has 1 aromatic carbocycles. The number of halogens is 3. The summed E-state index contributed by atoms with van der Waals surface area (Å²) in [5.41, 5.74) is -2.22. The molecule has 146 valence electrons. The first-order valence-corrected chi connectivity index (χ1v) is 8.41. The highest BCUT2D eigenvalue weighted by Gasteiger charge is 2.27. The van der Waals surface area contributed by atoms with Crippen molar-refractivity contribution < 1.29 is 18.3 Å². The zero-order chi connectivity index (χ0) is 20.5. The number of carbonyl (C=O) groups is 1. The average molecular weight is 409 g/mol. The zero-order valence-corrected chi connectivity index (χ0v) is 15.6. The van der Waals surface area contributed by atoms with Gasteiger partial charge in [-0.2, -0.15) is 5.10 Å². The van der Waals surface area contributed by atoms with Gasteiger partial charge in [0.15, 0.2) is 0 Å². The fraction of sp³-hybridized carbons (Fsp3) is 0.167. The number of hydrogen-bond donors (Lipinski definition) is 1. The fourth-order valence-electron chi connectivity index (χ4n) is 2.48. The molecule has 1 amide bonds. The second-order valence-corrected chi connectivity index (χ2v) is 6.33. The van der Waals surface area contributed by atoms with Gasteiger partial charge in [0.25, 0.3) is 11.5 Å². The summed E-state index contributed by atoms with van der Waals surface area (Å²) in [4.78, 5) is 24.7. The molecule has 2 heterocycles. The monoisotopic (exact) mass is 408 g/mol. The summed E-state index contributed by atoms with van der Waals surface area (Å²) in [6.07, 6.45) is 2.94. The number of ether oxygens (including phenoxy) is 1. The molecule has 0 unspecified atom stereocenters. The molecular formula is C18H15ClF2N4O3. The van der Waals surface area contributed by atoms with Gasteiger partial charge < -0.3 is 10.1 Å². The number of aromatic nitrogens is 3. The summed E-state index contributed by atoms with van der Waals surface area (Å²) in [5.74, 6) is -0.634. The van der Waals surface area contributed by atoms with Crippen LogP contribution in [0, 0.1) is 6.92 Å². The number of nitrogens with one attached hydrogen (secondary N) is 1. The van der Waals surface area contributed by atoms with Crippen LogP contribution < -0.4 is 15.6 Å². The van der Waals surface area contributed by atoms with E-state index in [9.17, 15) is 18.4 Å². The van der Waals surface area contributed by atoms with Gasteiger partial charge in [-0.25, -0.2) is 0 Å². The maximum atomic E-state index is 12.6. The van der Waals surface area contributed by atoms with Gasteiger partial charge in [-0.15, -0.1) is 8.78 Å². The summed E-state index contributed by atoms with van der Waals surface area (Å²) < 4.78 is 32.4. The topological polar surface area (TPSA) is 78.2 Å². The van der Waals surface area contributed by atoms with Crippen LogP contribution >= 0.6 is 11.6 Å². The van der Waals surface area contributed by atoms with Crippen LogP contribution in [0.1, 0.15) is 16.1 Å². The summed E-state index contributed by atoms with van der Waals surface area (Å²) in [7, 11) is 1.74. The quantitative estimate of drug-likeness (QED) is 0.657. The van der Waals surface area contributed by atoms with Crippen LogP contribution in [0.25, 0.3) is 5.69 Å². The SMILES string of the molecule is Cc1c(-n2cc(C(=O)Nc3ccc(OC(F)(F)Cl)cc3)ccc2=O)cnn1C. The van der Waals surface area contributed by atoms with Gasteiger partial charge in [0.2, 0.25) is 0 Å². The first-order chi connectivity index (χ1) is 13.1. The maximum Gasteiger partial charge on any atom is 0.487 e. The van der Waals surface area contributed by atoms with Crippen molar-refractivity contribution in [3.8, 4) is 11.4 Å². The molecule has 0 fully saturated rings. The molecule has 10 heteroatoms. The van der Waals surface area contributed by atoms with E-state index >= 15 is 0 Å². The van der Waals surface area contributed by atoms with Gasteiger partial charge in [0, 0.05) is 36.6 Å². The molecule has 0 saturated heterocycles. The van der Waals surface area contributed by atoms with Crippen molar-refractivity contribution in [2.24, 2.45) is 7.05 Å². The van der Waals surface area contributed by atoms with Crippen molar-refractivity contribution in [2.45, 2.75) is 12.5 Å². The van der Waals surface area contributed by atoms with E-state index in [2.05, 4.69) is 15.2 Å². The molecule has 0 saturated carbocycles. The molecule has 3 rings (SSSR count). The average Bonchev–Trinajstić information content (AvgIpc) is 2.95. The van der Waals surface area contributed by atoms with Crippen molar-refractivity contribution in [3.63, 3.8) is 0 Å². The third-order valence-electron chi connectivity index (χ3n) is 3.99. The Morgan fingerprint density at radius 3 is 2.46 bits per heavy atom. The highest BCUT2D eigenvalue weighted by atomic mass is 35.5. The smallest absolute Gasteiger partial charge is 0.420 e. The van der Waals surface area contributed by atoms with Gasteiger partial charge in [0.1, 0.15) is 5.75 Å². The van der Waals surface area contributed by atoms with Gasteiger partial charge in [0.05, 0.1) is 23.1 Å². The highest BCUT2D eigenvalue weighted by molar-refractivity contribution is 6.20. The first-order valence-electron chi connectivity index (χ1n) is 8.03. The first kappa shape index (κ1) is 19.6. The van der Waals surface area contributed by atoms with Gasteiger partial charge in [-0.3, -0.25) is 18.8 Å².